The average Bonchev–Trinajstić information content (AvgIpc) is 1.85. The second kappa shape index (κ2) is 4.81. The van der Waals surface area contributed by atoms with Gasteiger partial charge in [0.15, 0.2) is 0 Å². The number of aryl methyl sites for hydroxylation is 1. The molecule has 0 aromatic heterocycles. The van der Waals surface area contributed by atoms with Gasteiger partial charge in [0.1, 0.15) is 5.75 Å². The fraction of sp³-hybridized carbons (Fsp3) is 0.400. The second-order valence-corrected chi connectivity index (χ2v) is 3.22. The summed E-state index contributed by atoms with van der Waals surface area (Å²) in [6.45, 7) is 6.12. The summed E-state index contributed by atoms with van der Waals surface area (Å²) in [5, 5.41) is 9.46. The molecule has 0 atom stereocenters. The van der Waals surface area contributed by atoms with Crippen LogP contribution in [0.15, 0.2) is 18.2 Å². The van der Waals surface area contributed by atoms with Gasteiger partial charge in [-0.25, -0.2) is 0 Å². The number of phenols is 1. The number of rotatable bonds is 1. The van der Waals surface area contributed by atoms with Gasteiger partial charge in [-0.15, -0.1) is 0 Å². The Morgan fingerprint density at radius 3 is 2.25 bits per heavy atom. The summed E-state index contributed by atoms with van der Waals surface area (Å²) in [7, 11) is 0. The summed E-state index contributed by atoms with van der Waals surface area (Å²) < 4.78 is 0. The first-order valence-corrected chi connectivity index (χ1v) is 3.91. The first-order chi connectivity index (χ1) is 5.11. The molecule has 12 heavy (non-hydrogen) atoms. The Morgan fingerprint density at radius 1 is 1.25 bits per heavy atom. The number of aromatic hydroxyl groups is 1. The van der Waals surface area contributed by atoms with E-state index >= 15 is 0 Å². The van der Waals surface area contributed by atoms with E-state index in [1.54, 1.807) is 6.07 Å². The number of phenolic OH excluding ortho intramolecular Hbond substituents is 1. The Hall–Kier alpha value is -0.0969. The zero-order chi connectivity index (χ0) is 8.43. The Bertz CT molecular complexity index is 256. The molecule has 1 aromatic rings. The van der Waals surface area contributed by atoms with Gasteiger partial charge in [0.2, 0.25) is 0 Å². The minimum Gasteiger partial charge on any atom is -0.508 e. The van der Waals surface area contributed by atoms with Crippen LogP contribution in [0, 0.1) is 6.92 Å². The molecule has 1 aromatic carbocycles. The SMILES string of the molecule is Cc1ccc(C(C)C)c(O)c1.[Zr]. The molecule has 1 nitrogen and oxygen atoms in total. The van der Waals surface area contributed by atoms with Gasteiger partial charge in [0.25, 0.3) is 0 Å². The maximum atomic E-state index is 9.46. The van der Waals surface area contributed by atoms with Crippen LogP contribution < -0.4 is 0 Å². The zero-order valence-electron chi connectivity index (χ0n) is 7.76. The van der Waals surface area contributed by atoms with Gasteiger partial charge in [-0.1, -0.05) is 26.0 Å². The zero-order valence-corrected chi connectivity index (χ0v) is 10.2. The Kier molecular flexibility index (Phi) is 4.78. The Balaban J connectivity index is 0.00000121. The third-order valence-corrected chi connectivity index (χ3v) is 1.81. The van der Waals surface area contributed by atoms with E-state index in [4.69, 9.17) is 0 Å². The fourth-order valence-electron chi connectivity index (χ4n) is 1.14. The van der Waals surface area contributed by atoms with E-state index in [0.717, 1.165) is 11.1 Å². The van der Waals surface area contributed by atoms with Gasteiger partial charge < -0.3 is 5.11 Å². The fourth-order valence-corrected chi connectivity index (χ4v) is 1.14. The predicted octanol–water partition coefficient (Wildman–Crippen LogP) is 2.82. The van der Waals surface area contributed by atoms with E-state index < -0.39 is 0 Å². The maximum absolute atomic E-state index is 9.46. The van der Waals surface area contributed by atoms with Crippen molar-refractivity contribution in [1.82, 2.24) is 0 Å². The van der Waals surface area contributed by atoms with Crippen LogP contribution in [0.2, 0.25) is 0 Å². The van der Waals surface area contributed by atoms with Crippen LogP contribution in [-0.2, 0) is 26.2 Å². The molecule has 64 valence electrons. The molecule has 0 spiro atoms. The van der Waals surface area contributed by atoms with E-state index in [9.17, 15) is 5.11 Å². The van der Waals surface area contributed by atoms with Crippen LogP contribution in [0.1, 0.15) is 30.9 Å². The van der Waals surface area contributed by atoms with Crippen LogP contribution in [0.25, 0.3) is 0 Å². The molecule has 0 aliphatic heterocycles. The smallest absolute Gasteiger partial charge is 0.119 e. The van der Waals surface area contributed by atoms with Crippen molar-refractivity contribution < 1.29 is 31.3 Å². The standard InChI is InChI=1S/C10H14O.Zr/c1-7(2)9-5-4-8(3)6-10(9)11;/h4-7,11H,1-3H3;. The van der Waals surface area contributed by atoms with E-state index in [0.29, 0.717) is 11.7 Å². The van der Waals surface area contributed by atoms with Crippen molar-refractivity contribution in [3.8, 4) is 5.75 Å². The van der Waals surface area contributed by atoms with Crippen molar-refractivity contribution in [3.63, 3.8) is 0 Å². The van der Waals surface area contributed by atoms with E-state index in [-0.39, 0.29) is 26.2 Å². The summed E-state index contributed by atoms with van der Waals surface area (Å²) in [4.78, 5) is 0. The molecule has 0 bridgehead atoms. The van der Waals surface area contributed by atoms with Crippen molar-refractivity contribution in [3.05, 3.63) is 29.3 Å². The minimum absolute atomic E-state index is 0. The third-order valence-electron chi connectivity index (χ3n) is 1.81. The molecule has 0 radical (unpaired) electrons. The van der Waals surface area contributed by atoms with Crippen LogP contribution in [0.3, 0.4) is 0 Å². The Labute approximate surface area is 92.9 Å². The van der Waals surface area contributed by atoms with Gasteiger partial charge in [-0.05, 0) is 30.0 Å². The van der Waals surface area contributed by atoms with Crippen molar-refractivity contribution in [2.45, 2.75) is 26.7 Å². The first kappa shape index (κ1) is 11.9. The van der Waals surface area contributed by atoms with Crippen molar-refractivity contribution in [2.75, 3.05) is 0 Å². The molecule has 1 N–H and O–H groups in total. The molecule has 1 rings (SSSR count). The number of benzene rings is 1. The minimum atomic E-state index is 0. The van der Waals surface area contributed by atoms with Crippen LogP contribution in [-0.4, -0.2) is 5.11 Å². The molecule has 0 aliphatic rings. The molecule has 0 fully saturated rings. The quantitative estimate of drug-likeness (QED) is 0.801. The van der Waals surface area contributed by atoms with Crippen molar-refractivity contribution >= 4 is 0 Å². The summed E-state index contributed by atoms with van der Waals surface area (Å²) >= 11 is 0. The van der Waals surface area contributed by atoms with Crippen molar-refractivity contribution in [1.29, 1.82) is 0 Å². The summed E-state index contributed by atoms with van der Waals surface area (Å²) in [5.74, 6) is 0.815. The second-order valence-electron chi connectivity index (χ2n) is 3.22. The van der Waals surface area contributed by atoms with Gasteiger partial charge in [0, 0.05) is 26.2 Å². The average molecular weight is 241 g/mol. The molecule has 0 amide bonds. The largest absolute Gasteiger partial charge is 0.508 e. The molecule has 0 saturated heterocycles. The molecule has 0 aliphatic carbocycles. The van der Waals surface area contributed by atoms with Gasteiger partial charge in [-0.2, -0.15) is 0 Å². The molecule has 0 heterocycles. The Morgan fingerprint density at radius 2 is 1.83 bits per heavy atom. The summed E-state index contributed by atoms with van der Waals surface area (Å²) in [6.07, 6.45) is 0. The van der Waals surface area contributed by atoms with E-state index in [1.165, 1.54) is 0 Å². The molecular formula is C10H14OZr. The molecular weight excluding hydrogens is 227 g/mol. The first-order valence-electron chi connectivity index (χ1n) is 3.91. The van der Waals surface area contributed by atoms with Crippen molar-refractivity contribution in [2.24, 2.45) is 0 Å². The molecule has 0 unspecified atom stereocenters. The van der Waals surface area contributed by atoms with Crippen LogP contribution >= 0.6 is 0 Å². The van der Waals surface area contributed by atoms with Crippen LogP contribution in [0.5, 0.6) is 5.75 Å². The predicted molar refractivity (Wildman–Crippen MR) is 46.9 cm³/mol. The topological polar surface area (TPSA) is 20.2 Å². The van der Waals surface area contributed by atoms with Gasteiger partial charge in [0.05, 0.1) is 0 Å². The van der Waals surface area contributed by atoms with Gasteiger partial charge >= 0.3 is 0 Å². The van der Waals surface area contributed by atoms with E-state index in [2.05, 4.69) is 13.8 Å². The monoisotopic (exact) mass is 240 g/mol. The summed E-state index contributed by atoms with van der Waals surface area (Å²) in [6, 6.07) is 5.81. The summed E-state index contributed by atoms with van der Waals surface area (Å²) in [5.41, 5.74) is 2.13. The van der Waals surface area contributed by atoms with Gasteiger partial charge in [-0.3, -0.25) is 0 Å². The third kappa shape index (κ3) is 2.75. The normalized spacial score (nSPS) is 9.67. The number of hydrogen-bond acceptors (Lipinski definition) is 1. The van der Waals surface area contributed by atoms with E-state index in [1.807, 2.05) is 19.1 Å². The maximum Gasteiger partial charge on any atom is 0.119 e. The number of hydrogen-bond donors (Lipinski definition) is 1. The molecule has 2 heteroatoms. The van der Waals surface area contributed by atoms with Crippen LogP contribution in [0.4, 0.5) is 0 Å². The molecule has 0 saturated carbocycles.